The van der Waals surface area contributed by atoms with Crippen molar-refractivity contribution >= 4 is 11.4 Å². The van der Waals surface area contributed by atoms with Crippen molar-refractivity contribution in [2.45, 2.75) is 38.0 Å². The number of benzene rings is 4. The molecule has 4 aromatic rings. The van der Waals surface area contributed by atoms with Crippen LogP contribution in [0, 0.1) is 0 Å². The van der Waals surface area contributed by atoms with Crippen LogP contribution in [0.3, 0.4) is 0 Å². The predicted molar refractivity (Wildman–Crippen MR) is 162 cm³/mol. The first-order valence-corrected chi connectivity index (χ1v) is 13.9. The summed E-state index contributed by atoms with van der Waals surface area (Å²) in [5, 5.41) is 3.47. The van der Waals surface area contributed by atoms with Gasteiger partial charge in [-0.2, -0.15) is 0 Å². The number of hydrogen-bond acceptors (Lipinski definition) is 3. The molecule has 1 N–H and O–H groups in total. The number of nitrogens with one attached hydrogen (secondary N) is 1. The van der Waals surface area contributed by atoms with Crippen LogP contribution in [0.5, 0.6) is 11.5 Å². The highest BCUT2D eigenvalue weighted by Gasteiger charge is 2.46. The molecule has 2 aliphatic carbocycles. The first kappa shape index (κ1) is 24.5. The van der Waals surface area contributed by atoms with E-state index in [-0.39, 0.29) is 17.6 Å². The largest absolute Gasteiger partial charge is 0.478 e. The summed E-state index contributed by atoms with van der Waals surface area (Å²) in [6, 6.07) is 33.7. The normalized spacial score (nSPS) is 20.0. The molecular weight excluding hydrogens is 492 g/mol. The number of fused-ring (bicyclic) bond motifs is 5. The molecule has 0 spiro atoms. The van der Waals surface area contributed by atoms with E-state index in [0.717, 1.165) is 34.0 Å². The van der Waals surface area contributed by atoms with E-state index >= 15 is 0 Å². The van der Waals surface area contributed by atoms with E-state index in [4.69, 9.17) is 9.47 Å². The number of allylic oxidation sites excluding steroid dienone is 2. The Kier molecular flexibility index (Phi) is 5.85. The van der Waals surface area contributed by atoms with Gasteiger partial charge >= 0.3 is 0 Å². The van der Waals surface area contributed by atoms with Crippen LogP contribution in [0.25, 0.3) is 16.7 Å². The summed E-state index contributed by atoms with van der Waals surface area (Å²) in [6.07, 6.45) is 4.06. The van der Waals surface area contributed by atoms with Crippen LogP contribution in [0.1, 0.15) is 36.1 Å². The summed E-state index contributed by atoms with van der Waals surface area (Å²) in [5.74, 6) is 2.48. The second-order valence-electron chi connectivity index (χ2n) is 11.1. The summed E-state index contributed by atoms with van der Waals surface area (Å²) in [7, 11) is 1.82. The highest BCUT2D eigenvalue weighted by molar-refractivity contribution is 5.98. The minimum atomic E-state index is -0.190. The number of ether oxygens (including phenoxy) is 2. The van der Waals surface area contributed by atoms with Crippen LogP contribution >= 0.6 is 0 Å². The van der Waals surface area contributed by atoms with Crippen molar-refractivity contribution in [1.29, 1.82) is 0 Å². The molecule has 0 aromatic heterocycles. The number of aliphatic imine (C=N–C) groups is 1. The van der Waals surface area contributed by atoms with E-state index in [9.17, 15) is 0 Å². The van der Waals surface area contributed by atoms with E-state index in [2.05, 4.69) is 103 Å². The molecule has 0 saturated carbocycles. The van der Waals surface area contributed by atoms with Gasteiger partial charge in [0.2, 0.25) is 0 Å². The molecule has 1 aliphatic heterocycles. The summed E-state index contributed by atoms with van der Waals surface area (Å²) in [6.45, 7) is 5.29. The molecule has 0 radical (unpaired) electrons. The third-order valence-corrected chi connectivity index (χ3v) is 8.37. The van der Waals surface area contributed by atoms with Gasteiger partial charge in [0, 0.05) is 35.7 Å². The first-order valence-electron chi connectivity index (χ1n) is 13.9. The zero-order chi connectivity index (χ0) is 27.3. The Morgan fingerprint density at radius 1 is 0.825 bits per heavy atom. The number of amidine groups is 1. The summed E-state index contributed by atoms with van der Waals surface area (Å²) >= 11 is 0. The third-order valence-electron chi connectivity index (χ3n) is 8.37. The van der Waals surface area contributed by atoms with Gasteiger partial charge in [-0.3, -0.25) is 4.99 Å². The molecule has 0 fully saturated rings. The highest BCUT2D eigenvalue weighted by Crippen LogP contribution is 2.53. The van der Waals surface area contributed by atoms with Crippen LogP contribution in [0.2, 0.25) is 0 Å². The standard InChI is InChI=1S/C36H32N2O2/c1-36(2)28-14-8-7-12-27(28)32-29(36)20-21-31-34(32)40-33-26(13-9-15-30(33)39-31)24-18-16-23(17-19-24)22-38-35(37-3)25-10-5-4-6-11-25/h4-21,31,34H,22H2,1-3H3,(H,37,38). The van der Waals surface area contributed by atoms with Crippen LogP contribution in [0.4, 0.5) is 0 Å². The molecule has 2 unspecified atom stereocenters. The van der Waals surface area contributed by atoms with Gasteiger partial charge in [-0.25, -0.2) is 0 Å². The number of hydrogen-bond donors (Lipinski definition) is 1. The lowest BCUT2D eigenvalue weighted by Crippen LogP contribution is -2.41. The summed E-state index contributed by atoms with van der Waals surface area (Å²) in [4.78, 5) is 4.43. The van der Waals surface area contributed by atoms with Gasteiger partial charge in [-0.15, -0.1) is 0 Å². The minimum absolute atomic E-state index is 0.0662. The molecule has 40 heavy (non-hydrogen) atoms. The van der Waals surface area contributed by atoms with Crippen molar-refractivity contribution < 1.29 is 9.47 Å². The fourth-order valence-electron chi connectivity index (χ4n) is 6.30. The second-order valence-corrected chi connectivity index (χ2v) is 11.1. The van der Waals surface area contributed by atoms with Gasteiger partial charge in [-0.1, -0.05) is 111 Å². The highest BCUT2D eigenvalue weighted by atomic mass is 16.6. The first-order chi connectivity index (χ1) is 19.5. The number of para-hydroxylation sites is 1. The minimum Gasteiger partial charge on any atom is -0.478 e. The molecule has 4 aromatic carbocycles. The van der Waals surface area contributed by atoms with E-state index < -0.39 is 0 Å². The molecule has 4 nitrogen and oxygen atoms in total. The van der Waals surface area contributed by atoms with Gasteiger partial charge in [-0.05, 0) is 40.0 Å². The topological polar surface area (TPSA) is 42.9 Å². The van der Waals surface area contributed by atoms with Gasteiger partial charge < -0.3 is 14.8 Å². The maximum Gasteiger partial charge on any atom is 0.170 e. The molecule has 0 saturated heterocycles. The van der Waals surface area contributed by atoms with Crippen LogP contribution in [0.15, 0.2) is 120 Å². The molecule has 0 amide bonds. The zero-order valence-electron chi connectivity index (χ0n) is 23.0. The van der Waals surface area contributed by atoms with Gasteiger partial charge in [0.1, 0.15) is 5.84 Å². The SMILES string of the molecule is CN=C(NCc1ccc(-c2cccc3c2OC2C4=C(C=CC2O3)C(C)(C)c2ccccc24)cc1)c1ccccc1. The van der Waals surface area contributed by atoms with Gasteiger partial charge in [0.15, 0.2) is 23.7 Å². The molecule has 7 rings (SSSR count). The third kappa shape index (κ3) is 3.94. The Balaban J connectivity index is 1.16. The van der Waals surface area contributed by atoms with Crippen molar-refractivity contribution in [3.8, 4) is 22.6 Å². The van der Waals surface area contributed by atoms with Gasteiger partial charge in [0.05, 0.1) is 0 Å². The fraction of sp³-hybridized carbons (Fsp3) is 0.194. The maximum absolute atomic E-state index is 6.90. The summed E-state index contributed by atoms with van der Waals surface area (Å²) < 4.78 is 13.5. The average Bonchev–Trinajstić information content (AvgIpc) is 3.24. The molecule has 198 valence electrons. The monoisotopic (exact) mass is 524 g/mol. The Morgan fingerprint density at radius 2 is 1.57 bits per heavy atom. The van der Waals surface area contributed by atoms with Crippen molar-refractivity contribution in [3.05, 3.63) is 137 Å². The summed E-state index contributed by atoms with van der Waals surface area (Å²) in [5.41, 5.74) is 9.53. The van der Waals surface area contributed by atoms with E-state index in [0.29, 0.717) is 6.54 Å². The molecule has 1 heterocycles. The smallest absolute Gasteiger partial charge is 0.170 e. The Hall–Kier alpha value is -4.57. The lowest BCUT2D eigenvalue weighted by Gasteiger charge is -2.37. The second kappa shape index (κ2) is 9.56. The van der Waals surface area contributed by atoms with Crippen LogP contribution in [-0.4, -0.2) is 25.1 Å². The predicted octanol–water partition coefficient (Wildman–Crippen LogP) is 7.34. The quantitative estimate of drug-likeness (QED) is 0.224. The van der Waals surface area contributed by atoms with E-state index in [1.165, 1.54) is 27.8 Å². The van der Waals surface area contributed by atoms with E-state index in [1.54, 1.807) is 0 Å². The lowest BCUT2D eigenvalue weighted by molar-refractivity contribution is 0.0817. The molecule has 4 heteroatoms. The molecular formula is C36H32N2O2. The fourth-order valence-corrected chi connectivity index (χ4v) is 6.30. The maximum atomic E-state index is 6.90. The Labute approximate surface area is 235 Å². The molecule has 2 atom stereocenters. The van der Waals surface area contributed by atoms with Crippen molar-refractivity contribution in [2.24, 2.45) is 4.99 Å². The van der Waals surface area contributed by atoms with Gasteiger partial charge in [0.25, 0.3) is 0 Å². The van der Waals surface area contributed by atoms with Crippen LogP contribution < -0.4 is 14.8 Å². The average molecular weight is 525 g/mol. The Morgan fingerprint density at radius 3 is 2.38 bits per heavy atom. The molecule has 0 bridgehead atoms. The number of nitrogens with zero attached hydrogens (tertiary/aromatic N) is 1. The van der Waals surface area contributed by atoms with Crippen molar-refractivity contribution in [2.75, 3.05) is 7.05 Å². The van der Waals surface area contributed by atoms with Crippen molar-refractivity contribution in [3.63, 3.8) is 0 Å². The number of rotatable bonds is 4. The Bertz CT molecular complexity index is 1680. The zero-order valence-corrected chi connectivity index (χ0v) is 23.0. The van der Waals surface area contributed by atoms with E-state index in [1.807, 2.05) is 37.4 Å². The molecule has 3 aliphatic rings. The lowest BCUT2D eigenvalue weighted by atomic mass is 9.79. The van der Waals surface area contributed by atoms with Crippen molar-refractivity contribution in [1.82, 2.24) is 5.32 Å². The van der Waals surface area contributed by atoms with Crippen LogP contribution in [-0.2, 0) is 12.0 Å².